The molecule has 0 heterocycles. The van der Waals surface area contributed by atoms with Crippen LogP contribution in [-0.2, 0) is 65.4 Å². The molecule has 0 aromatic rings. The molecule has 0 aliphatic rings. The number of aliphatic hydroxyl groups is 1. The molecule has 0 spiro atoms. The molecule has 0 rings (SSSR count). The van der Waals surface area contributed by atoms with Crippen molar-refractivity contribution in [2.75, 3.05) is 39.6 Å². The molecule has 3 N–H and O–H groups in total. The van der Waals surface area contributed by atoms with Crippen LogP contribution < -0.4 is 0 Å². The number of carbonyl (C=O) groups excluding carboxylic acids is 4. The summed E-state index contributed by atoms with van der Waals surface area (Å²) in [6, 6.07) is 0. The van der Waals surface area contributed by atoms with Crippen LogP contribution in [0.1, 0.15) is 433 Å². The normalized spacial score (nSPS) is 14.1. The van der Waals surface area contributed by atoms with Crippen molar-refractivity contribution in [1.82, 2.24) is 0 Å². The van der Waals surface area contributed by atoms with Crippen LogP contribution in [0.2, 0.25) is 0 Å². The maximum absolute atomic E-state index is 13.1. The number of hydrogen-bond acceptors (Lipinski definition) is 15. The summed E-state index contributed by atoms with van der Waals surface area (Å²) in [6.45, 7) is 7.30. The van der Waals surface area contributed by atoms with Crippen LogP contribution in [0, 0.1) is 5.92 Å². The Hall–Kier alpha value is -1.94. The van der Waals surface area contributed by atoms with Crippen molar-refractivity contribution >= 4 is 39.5 Å². The third-order valence-corrected chi connectivity index (χ3v) is 21.3. The molecule has 0 radical (unpaired) electrons. The zero-order valence-corrected chi connectivity index (χ0v) is 67.1. The van der Waals surface area contributed by atoms with Crippen LogP contribution in [0.3, 0.4) is 0 Å². The average molecular weight is 1470 g/mol. The van der Waals surface area contributed by atoms with Gasteiger partial charge in [-0.05, 0) is 31.6 Å². The molecule has 0 saturated heterocycles. The van der Waals surface area contributed by atoms with Gasteiger partial charge >= 0.3 is 39.5 Å². The summed E-state index contributed by atoms with van der Waals surface area (Å²) < 4.78 is 68.7. The van der Waals surface area contributed by atoms with Gasteiger partial charge in [-0.25, -0.2) is 9.13 Å². The van der Waals surface area contributed by atoms with E-state index < -0.39 is 97.5 Å². The third kappa shape index (κ3) is 73.0. The van der Waals surface area contributed by atoms with E-state index in [0.29, 0.717) is 25.7 Å². The van der Waals surface area contributed by atoms with E-state index in [9.17, 15) is 43.2 Å². The lowest BCUT2D eigenvalue weighted by atomic mass is 10.00. The molecule has 0 aliphatic heterocycles. The maximum Gasteiger partial charge on any atom is 0.472 e. The van der Waals surface area contributed by atoms with Gasteiger partial charge < -0.3 is 33.8 Å². The predicted octanol–water partition coefficient (Wildman–Crippen LogP) is 24.4. The van der Waals surface area contributed by atoms with Gasteiger partial charge in [-0.3, -0.25) is 37.3 Å². The summed E-state index contributed by atoms with van der Waals surface area (Å²) in [5.41, 5.74) is 0. The van der Waals surface area contributed by atoms with E-state index in [1.54, 1.807) is 0 Å². The fraction of sp³-hybridized carbons (Fsp3) is 0.951. The van der Waals surface area contributed by atoms with Gasteiger partial charge in [0.1, 0.15) is 19.3 Å². The van der Waals surface area contributed by atoms with Crippen molar-refractivity contribution in [3.8, 4) is 0 Å². The van der Waals surface area contributed by atoms with E-state index in [1.807, 2.05) is 0 Å². The number of phosphoric ester groups is 2. The van der Waals surface area contributed by atoms with Crippen LogP contribution in [0.5, 0.6) is 0 Å². The molecule has 0 bridgehead atoms. The minimum atomic E-state index is -4.96. The fourth-order valence-electron chi connectivity index (χ4n) is 12.6. The van der Waals surface area contributed by atoms with Crippen molar-refractivity contribution in [3.63, 3.8) is 0 Å². The highest BCUT2D eigenvalue weighted by Gasteiger charge is 2.30. The Bertz CT molecular complexity index is 1910. The van der Waals surface area contributed by atoms with E-state index in [0.717, 1.165) is 102 Å². The highest BCUT2D eigenvalue weighted by molar-refractivity contribution is 7.47. The zero-order chi connectivity index (χ0) is 73.4. The van der Waals surface area contributed by atoms with Gasteiger partial charge in [0, 0.05) is 25.7 Å². The van der Waals surface area contributed by atoms with E-state index in [1.165, 1.54) is 250 Å². The second-order valence-corrected chi connectivity index (χ2v) is 32.3. The second-order valence-electron chi connectivity index (χ2n) is 29.4. The SMILES string of the molecule is CCCCCCCCCCCCCCCCCCCCC(=O)O[C@H](COC(=O)CCCCCCCCCCCCCCCCCC)COP(=O)(O)OC[C@@H](O)COP(=O)(O)OC[C@@H](COC(=O)CCCCCCCCC(C)CC)OC(=O)CCCCCCCCCCCCCCCCCC. The molecule has 594 valence electrons. The molecule has 0 aliphatic carbocycles. The van der Waals surface area contributed by atoms with Crippen molar-refractivity contribution in [2.24, 2.45) is 5.92 Å². The molecule has 0 amide bonds. The van der Waals surface area contributed by atoms with Gasteiger partial charge in [-0.1, -0.05) is 381 Å². The number of phosphoric acid groups is 2. The van der Waals surface area contributed by atoms with Crippen LogP contribution in [0.4, 0.5) is 0 Å². The number of carbonyl (C=O) groups is 4. The third-order valence-electron chi connectivity index (χ3n) is 19.4. The van der Waals surface area contributed by atoms with Crippen LogP contribution in [0.25, 0.3) is 0 Å². The molecule has 6 atom stereocenters. The number of hydrogen-bond donors (Lipinski definition) is 3. The highest BCUT2D eigenvalue weighted by atomic mass is 31.2. The Labute approximate surface area is 613 Å². The summed E-state index contributed by atoms with van der Waals surface area (Å²) in [5.74, 6) is -1.37. The van der Waals surface area contributed by atoms with E-state index in [4.69, 9.17) is 37.0 Å². The average Bonchev–Trinajstić information content (AvgIpc) is 0.958. The van der Waals surface area contributed by atoms with Crippen molar-refractivity contribution < 1.29 is 80.2 Å². The van der Waals surface area contributed by atoms with Gasteiger partial charge in [0.25, 0.3) is 0 Å². The second kappa shape index (κ2) is 73.9. The minimum Gasteiger partial charge on any atom is -0.462 e. The molecule has 0 aromatic carbocycles. The fourth-order valence-corrected chi connectivity index (χ4v) is 14.1. The first kappa shape index (κ1) is 98.1. The maximum atomic E-state index is 13.1. The van der Waals surface area contributed by atoms with Crippen LogP contribution >= 0.6 is 15.6 Å². The number of unbranched alkanes of at least 4 members (excludes halogenated alkanes) is 52. The number of ether oxygens (including phenoxy) is 4. The monoisotopic (exact) mass is 1470 g/mol. The number of rotatable bonds is 81. The van der Waals surface area contributed by atoms with E-state index >= 15 is 0 Å². The van der Waals surface area contributed by atoms with Crippen LogP contribution in [-0.4, -0.2) is 96.7 Å². The molecule has 0 fully saturated rings. The first-order valence-corrected chi connectivity index (χ1v) is 45.2. The van der Waals surface area contributed by atoms with Gasteiger partial charge in [-0.15, -0.1) is 0 Å². The van der Waals surface area contributed by atoms with Crippen molar-refractivity contribution in [1.29, 1.82) is 0 Å². The van der Waals surface area contributed by atoms with Crippen molar-refractivity contribution in [3.05, 3.63) is 0 Å². The molecular weight excluding hydrogens is 1310 g/mol. The molecule has 100 heavy (non-hydrogen) atoms. The molecule has 0 saturated carbocycles. The summed E-state index contributed by atoms with van der Waals surface area (Å²) >= 11 is 0. The summed E-state index contributed by atoms with van der Waals surface area (Å²) in [7, 11) is -9.92. The Balaban J connectivity index is 5.24. The van der Waals surface area contributed by atoms with Gasteiger partial charge in [-0.2, -0.15) is 0 Å². The number of esters is 4. The highest BCUT2D eigenvalue weighted by Crippen LogP contribution is 2.45. The Morgan fingerprint density at radius 2 is 0.480 bits per heavy atom. The Morgan fingerprint density at radius 1 is 0.280 bits per heavy atom. The number of aliphatic hydroxyl groups excluding tert-OH is 1. The topological polar surface area (TPSA) is 237 Å². The summed E-state index contributed by atoms with van der Waals surface area (Å²) in [5, 5.41) is 10.6. The lowest BCUT2D eigenvalue weighted by molar-refractivity contribution is -0.161. The van der Waals surface area contributed by atoms with E-state index in [2.05, 4.69) is 34.6 Å². The van der Waals surface area contributed by atoms with Crippen molar-refractivity contribution in [2.45, 2.75) is 451 Å². The first-order chi connectivity index (χ1) is 48.6. The van der Waals surface area contributed by atoms with Gasteiger partial charge in [0.2, 0.25) is 0 Å². The largest absolute Gasteiger partial charge is 0.472 e. The van der Waals surface area contributed by atoms with Gasteiger partial charge in [0.15, 0.2) is 12.2 Å². The van der Waals surface area contributed by atoms with Gasteiger partial charge in [0.05, 0.1) is 26.4 Å². The predicted molar refractivity (Wildman–Crippen MR) is 409 cm³/mol. The minimum absolute atomic E-state index is 0.108. The Morgan fingerprint density at radius 3 is 0.710 bits per heavy atom. The first-order valence-electron chi connectivity index (χ1n) is 42.2. The molecule has 3 unspecified atom stereocenters. The molecule has 0 aromatic heterocycles. The molecule has 19 heteroatoms. The molecule has 17 nitrogen and oxygen atoms in total. The summed E-state index contributed by atoms with van der Waals surface area (Å²) in [4.78, 5) is 73.0. The molecular formula is C81H158O17P2. The smallest absolute Gasteiger partial charge is 0.462 e. The lowest BCUT2D eigenvalue weighted by Crippen LogP contribution is -2.30. The summed E-state index contributed by atoms with van der Waals surface area (Å²) in [6.07, 6.45) is 65.2. The quantitative estimate of drug-likeness (QED) is 0.0222. The standard InChI is InChI=1S/C81H158O17P2/c1-6-10-13-16-19-22-25-28-31-34-35-38-41-44-47-50-57-62-66-80(85)97-76(70-91-78(83)64-59-54-48-45-42-39-36-32-29-26-23-20-17-14-11-7-2)72-95-99(87,88)93-68-75(82)69-94-100(89,90)96-73-77(71-92-79(84)65-60-55-52-51-53-58-63-74(5)9-4)98-81(86)67-61-56-49-46-43-40-37-33-30-27-24-21-18-15-12-8-3/h74-77,82H,6-73H2,1-5H3,(H,87,88)(H,89,90)/t74?,75-,76-,77-/m1/s1. The van der Waals surface area contributed by atoms with E-state index in [-0.39, 0.29) is 25.7 Å². The zero-order valence-electron chi connectivity index (χ0n) is 65.3. The lowest BCUT2D eigenvalue weighted by Gasteiger charge is -2.21. The Kier molecular flexibility index (Phi) is 72.5. The van der Waals surface area contributed by atoms with Crippen LogP contribution in [0.15, 0.2) is 0 Å².